The van der Waals surface area contributed by atoms with Crippen LogP contribution in [0.4, 0.5) is 5.69 Å². The number of ether oxygens (including phenoxy) is 1. The molecule has 2 aromatic rings. The van der Waals surface area contributed by atoms with Crippen molar-refractivity contribution in [3.8, 4) is 5.75 Å². The van der Waals surface area contributed by atoms with Crippen molar-refractivity contribution >= 4 is 11.6 Å². The first-order chi connectivity index (χ1) is 12.9. The van der Waals surface area contributed by atoms with E-state index in [1.54, 1.807) is 13.4 Å². The minimum absolute atomic E-state index is 0.101. The molecular weight excluding hydrogens is 340 g/mol. The van der Waals surface area contributed by atoms with Crippen molar-refractivity contribution in [2.75, 3.05) is 12.0 Å². The molecule has 1 amide bonds. The summed E-state index contributed by atoms with van der Waals surface area (Å²) < 4.78 is 11.0. The number of amides is 1. The van der Waals surface area contributed by atoms with Gasteiger partial charge in [-0.15, -0.1) is 0 Å². The second kappa shape index (κ2) is 7.77. The fourth-order valence-electron chi connectivity index (χ4n) is 4.50. The number of methoxy groups -OCH3 is 1. The van der Waals surface area contributed by atoms with Crippen LogP contribution in [0.25, 0.3) is 0 Å². The summed E-state index contributed by atoms with van der Waals surface area (Å²) in [4.78, 5) is 17.5. The number of carbonyl (C=O) groups excluding carboxylic acids is 1. The summed E-state index contributed by atoms with van der Waals surface area (Å²) >= 11 is 0. The number of nitrogens with zero attached hydrogens (tertiary/aromatic N) is 2. The second-order valence-corrected chi connectivity index (χ2v) is 7.77. The number of benzene rings is 1. The van der Waals surface area contributed by atoms with Gasteiger partial charge in [0.1, 0.15) is 17.6 Å². The Morgan fingerprint density at radius 3 is 2.15 bits per heavy atom. The highest BCUT2D eigenvalue weighted by atomic mass is 16.5. The van der Waals surface area contributed by atoms with Crippen molar-refractivity contribution in [1.29, 1.82) is 0 Å². The Labute approximate surface area is 161 Å². The molecule has 3 atom stereocenters. The van der Waals surface area contributed by atoms with E-state index in [0.717, 1.165) is 17.2 Å². The highest BCUT2D eigenvalue weighted by molar-refractivity contribution is 6.03. The van der Waals surface area contributed by atoms with E-state index in [-0.39, 0.29) is 23.9 Å². The molecule has 0 saturated carbocycles. The first-order valence-electron chi connectivity index (χ1n) is 9.64. The van der Waals surface area contributed by atoms with Gasteiger partial charge >= 0.3 is 0 Å². The smallest absolute Gasteiger partial charge is 0.234 e. The molecular formula is C22H30N2O3. The molecule has 2 heterocycles. The number of rotatable bonds is 7. The normalized spacial score (nSPS) is 21.1. The van der Waals surface area contributed by atoms with Crippen LogP contribution >= 0.6 is 0 Å². The fourth-order valence-corrected chi connectivity index (χ4v) is 4.50. The molecule has 0 bridgehead atoms. The number of hydrogen-bond donors (Lipinski definition) is 0. The molecule has 0 unspecified atom stereocenters. The van der Waals surface area contributed by atoms with E-state index >= 15 is 0 Å². The van der Waals surface area contributed by atoms with Crippen LogP contribution in [0.5, 0.6) is 5.75 Å². The van der Waals surface area contributed by atoms with Crippen LogP contribution in [0.1, 0.15) is 46.4 Å². The van der Waals surface area contributed by atoms with Crippen LogP contribution < -0.4 is 9.64 Å². The number of carbonyl (C=O) groups is 1. The highest BCUT2D eigenvalue weighted by Crippen LogP contribution is 2.47. The van der Waals surface area contributed by atoms with E-state index in [1.165, 1.54) is 0 Å². The number of hydrogen-bond acceptors (Lipinski definition) is 4. The van der Waals surface area contributed by atoms with Crippen molar-refractivity contribution in [3.05, 3.63) is 48.4 Å². The van der Waals surface area contributed by atoms with E-state index in [0.29, 0.717) is 12.1 Å². The molecule has 0 aliphatic carbocycles. The maximum absolute atomic E-state index is 13.2. The molecule has 27 heavy (non-hydrogen) atoms. The molecule has 3 rings (SSSR count). The van der Waals surface area contributed by atoms with Gasteiger partial charge in [-0.3, -0.25) is 9.69 Å². The van der Waals surface area contributed by atoms with Crippen molar-refractivity contribution in [1.82, 2.24) is 4.90 Å². The van der Waals surface area contributed by atoms with Crippen LogP contribution in [0.3, 0.4) is 0 Å². The van der Waals surface area contributed by atoms with Gasteiger partial charge in [0.15, 0.2) is 0 Å². The van der Waals surface area contributed by atoms with Crippen molar-refractivity contribution in [3.63, 3.8) is 0 Å². The Hall–Kier alpha value is -2.27. The summed E-state index contributed by atoms with van der Waals surface area (Å²) in [6.07, 6.45) is 1.68. The monoisotopic (exact) mass is 370 g/mol. The number of anilines is 1. The summed E-state index contributed by atoms with van der Waals surface area (Å²) in [5, 5.41) is 0. The van der Waals surface area contributed by atoms with Gasteiger partial charge in [-0.05, 0) is 71.0 Å². The molecule has 1 fully saturated rings. The van der Waals surface area contributed by atoms with Crippen molar-refractivity contribution in [2.24, 2.45) is 5.92 Å². The zero-order valence-electron chi connectivity index (χ0n) is 17.0. The van der Waals surface area contributed by atoms with E-state index in [9.17, 15) is 4.79 Å². The minimum Gasteiger partial charge on any atom is -0.497 e. The SMILES string of the molecule is COc1ccc(N2C(=O)[C@@H]([C@H](C)N(C(C)C)C(C)C)[C@@H]2c2ccco2)cc1. The summed E-state index contributed by atoms with van der Waals surface area (Å²) in [5.41, 5.74) is 0.867. The third kappa shape index (κ3) is 3.48. The number of furan rings is 1. The van der Waals surface area contributed by atoms with Crippen LogP contribution in [-0.2, 0) is 4.79 Å². The molecule has 1 aliphatic heterocycles. The maximum Gasteiger partial charge on any atom is 0.234 e. The predicted octanol–water partition coefficient (Wildman–Crippen LogP) is 4.50. The molecule has 1 saturated heterocycles. The Bertz CT molecular complexity index is 744. The van der Waals surface area contributed by atoms with E-state index in [2.05, 4.69) is 39.5 Å². The van der Waals surface area contributed by atoms with E-state index in [4.69, 9.17) is 9.15 Å². The molecule has 0 spiro atoms. The summed E-state index contributed by atoms with van der Waals surface area (Å²) in [7, 11) is 1.64. The van der Waals surface area contributed by atoms with Crippen LogP contribution in [-0.4, -0.2) is 36.0 Å². The molecule has 1 aromatic heterocycles. The van der Waals surface area contributed by atoms with Gasteiger partial charge in [0.05, 0.1) is 19.3 Å². The Balaban J connectivity index is 1.94. The zero-order valence-corrected chi connectivity index (χ0v) is 17.0. The number of β-lactam (4-membered cyclic amide) rings is 1. The van der Waals surface area contributed by atoms with Crippen molar-refractivity contribution in [2.45, 2.75) is 58.8 Å². The third-order valence-corrected chi connectivity index (χ3v) is 5.51. The highest BCUT2D eigenvalue weighted by Gasteiger charge is 2.54. The van der Waals surface area contributed by atoms with E-state index < -0.39 is 0 Å². The molecule has 0 radical (unpaired) electrons. The van der Waals surface area contributed by atoms with Gasteiger partial charge in [0.25, 0.3) is 0 Å². The predicted molar refractivity (Wildman–Crippen MR) is 107 cm³/mol. The molecule has 5 nitrogen and oxygen atoms in total. The zero-order chi connectivity index (χ0) is 19.7. The average Bonchev–Trinajstić information content (AvgIpc) is 3.13. The third-order valence-electron chi connectivity index (χ3n) is 5.51. The first-order valence-corrected chi connectivity index (χ1v) is 9.64. The average molecular weight is 370 g/mol. The van der Waals surface area contributed by atoms with Gasteiger partial charge < -0.3 is 14.1 Å². The Kier molecular flexibility index (Phi) is 5.61. The largest absolute Gasteiger partial charge is 0.497 e. The Morgan fingerprint density at radius 1 is 1.04 bits per heavy atom. The van der Waals surface area contributed by atoms with E-state index in [1.807, 2.05) is 41.3 Å². The lowest BCUT2D eigenvalue weighted by Crippen LogP contribution is -2.63. The summed E-state index contributed by atoms with van der Waals surface area (Å²) in [5.74, 6) is 1.61. The van der Waals surface area contributed by atoms with Crippen molar-refractivity contribution < 1.29 is 13.9 Å². The lowest BCUT2D eigenvalue weighted by atomic mass is 9.78. The van der Waals surface area contributed by atoms with Gasteiger partial charge in [-0.2, -0.15) is 0 Å². The summed E-state index contributed by atoms with van der Waals surface area (Å²) in [6.45, 7) is 10.9. The topological polar surface area (TPSA) is 45.9 Å². The maximum atomic E-state index is 13.2. The van der Waals surface area contributed by atoms with Gasteiger partial charge in [0.2, 0.25) is 5.91 Å². The quantitative estimate of drug-likeness (QED) is 0.673. The molecule has 0 N–H and O–H groups in total. The van der Waals surface area contributed by atoms with Crippen LogP contribution in [0, 0.1) is 5.92 Å². The fraction of sp³-hybridized carbons (Fsp3) is 0.500. The van der Waals surface area contributed by atoms with Crippen LogP contribution in [0.2, 0.25) is 0 Å². The Morgan fingerprint density at radius 2 is 1.67 bits per heavy atom. The van der Waals surface area contributed by atoms with Gasteiger partial charge in [-0.25, -0.2) is 0 Å². The van der Waals surface area contributed by atoms with Gasteiger partial charge in [0, 0.05) is 23.8 Å². The molecule has 5 heteroatoms. The minimum atomic E-state index is -0.136. The lowest BCUT2D eigenvalue weighted by molar-refractivity contribution is -0.135. The molecule has 1 aliphatic rings. The molecule has 146 valence electrons. The second-order valence-electron chi connectivity index (χ2n) is 7.77. The van der Waals surface area contributed by atoms with Crippen LogP contribution in [0.15, 0.2) is 47.1 Å². The summed E-state index contributed by atoms with van der Waals surface area (Å²) in [6, 6.07) is 12.2. The lowest BCUT2D eigenvalue weighted by Gasteiger charge is -2.52. The molecule has 1 aromatic carbocycles. The first kappa shape index (κ1) is 19.5. The standard InChI is InChI=1S/C22H30N2O3/c1-14(2)23(15(3)4)16(5)20-21(19-8-7-13-27-19)24(22(20)25)17-9-11-18(26-6)12-10-17/h7-16,20-21H,1-6H3/t16-,20-,21-/m0/s1. The van der Waals surface area contributed by atoms with Gasteiger partial charge in [-0.1, -0.05) is 0 Å².